The predicted octanol–water partition coefficient (Wildman–Crippen LogP) is 15.1. The van der Waals surface area contributed by atoms with E-state index in [9.17, 15) is 0 Å². The zero-order chi connectivity index (χ0) is 40.5. The fraction of sp³-hybridized carbons (Fsp3) is 0. The lowest BCUT2D eigenvalue weighted by Gasteiger charge is -2.28. The van der Waals surface area contributed by atoms with E-state index in [2.05, 4.69) is 223 Å². The average Bonchev–Trinajstić information content (AvgIpc) is 3.35. The normalized spacial score (nSPS) is 11.3. The Labute approximate surface area is 354 Å². The predicted molar refractivity (Wildman–Crippen MR) is 254 cm³/mol. The van der Waals surface area contributed by atoms with Gasteiger partial charge in [0.25, 0.3) is 0 Å². The van der Waals surface area contributed by atoms with Crippen LogP contribution in [0.25, 0.3) is 88.7 Å². The molecule has 0 aliphatic rings. The number of hydrogen-bond donors (Lipinski definition) is 0. The largest absolute Gasteiger partial charge is 0.310 e. The summed E-state index contributed by atoms with van der Waals surface area (Å²) in [5.74, 6) is 0.671. The van der Waals surface area contributed by atoms with Crippen molar-refractivity contribution in [1.82, 2.24) is 15.0 Å². The van der Waals surface area contributed by atoms with Crippen LogP contribution in [0.2, 0.25) is 0 Å². The number of benzene rings is 9. The van der Waals surface area contributed by atoms with Gasteiger partial charge < -0.3 is 4.90 Å². The first kappa shape index (κ1) is 35.9. The molecule has 286 valence electrons. The third kappa shape index (κ3) is 6.76. The molecule has 2 aromatic heterocycles. The molecule has 0 unspecified atom stereocenters. The molecule has 0 N–H and O–H groups in total. The quantitative estimate of drug-likeness (QED) is 0.144. The van der Waals surface area contributed by atoms with Crippen molar-refractivity contribution in [2.45, 2.75) is 0 Å². The van der Waals surface area contributed by atoms with Crippen molar-refractivity contribution in [3.63, 3.8) is 0 Å². The van der Waals surface area contributed by atoms with Crippen LogP contribution >= 0.6 is 0 Å². The van der Waals surface area contributed by atoms with Crippen LogP contribution in [0.5, 0.6) is 0 Å². The van der Waals surface area contributed by atoms with Gasteiger partial charge in [-0.2, -0.15) is 0 Å². The molecule has 61 heavy (non-hydrogen) atoms. The van der Waals surface area contributed by atoms with Gasteiger partial charge in [0, 0.05) is 49.8 Å². The topological polar surface area (TPSA) is 41.9 Å². The van der Waals surface area contributed by atoms with E-state index in [4.69, 9.17) is 15.0 Å². The van der Waals surface area contributed by atoms with Gasteiger partial charge in [0.05, 0.1) is 28.3 Å². The number of nitrogens with zero attached hydrogens (tertiary/aromatic N) is 4. The van der Waals surface area contributed by atoms with Gasteiger partial charge in [0.2, 0.25) is 0 Å². The summed E-state index contributed by atoms with van der Waals surface area (Å²) in [6.45, 7) is 0. The molecule has 0 bridgehead atoms. The Morgan fingerprint density at radius 1 is 0.311 bits per heavy atom. The molecule has 9 aromatic carbocycles. The second-order valence-electron chi connectivity index (χ2n) is 15.2. The molecule has 0 fully saturated rings. The average molecular weight is 779 g/mol. The van der Waals surface area contributed by atoms with E-state index in [1.807, 2.05) is 12.1 Å². The number of para-hydroxylation sites is 2. The zero-order valence-electron chi connectivity index (χ0n) is 33.2. The maximum absolute atomic E-state index is 5.63. The third-order valence-corrected chi connectivity index (χ3v) is 11.4. The van der Waals surface area contributed by atoms with Crippen molar-refractivity contribution in [1.29, 1.82) is 0 Å². The Bertz CT molecular complexity index is 3280. The number of pyridine rings is 1. The number of hydrogen-bond acceptors (Lipinski definition) is 4. The summed E-state index contributed by atoms with van der Waals surface area (Å²) in [6, 6.07) is 80.9. The monoisotopic (exact) mass is 778 g/mol. The van der Waals surface area contributed by atoms with Crippen molar-refractivity contribution < 1.29 is 0 Å². The van der Waals surface area contributed by atoms with Gasteiger partial charge in [-0.3, -0.25) is 0 Å². The lowest BCUT2D eigenvalue weighted by molar-refractivity contribution is 1.18. The van der Waals surface area contributed by atoms with E-state index in [0.29, 0.717) is 5.82 Å². The van der Waals surface area contributed by atoms with Gasteiger partial charge >= 0.3 is 0 Å². The molecule has 4 heteroatoms. The van der Waals surface area contributed by atoms with Crippen molar-refractivity contribution in [3.05, 3.63) is 231 Å². The van der Waals surface area contributed by atoms with Gasteiger partial charge in [0.1, 0.15) is 0 Å². The first-order chi connectivity index (χ1) is 30.2. The van der Waals surface area contributed by atoms with E-state index in [0.717, 1.165) is 89.0 Å². The highest BCUT2D eigenvalue weighted by molar-refractivity contribution is 6.27. The summed E-state index contributed by atoms with van der Waals surface area (Å²) >= 11 is 0. The van der Waals surface area contributed by atoms with E-state index < -0.39 is 0 Å². The zero-order valence-corrected chi connectivity index (χ0v) is 33.2. The Hall–Kier alpha value is -8.21. The second kappa shape index (κ2) is 15.5. The Morgan fingerprint density at radius 3 is 1.44 bits per heavy atom. The van der Waals surface area contributed by atoms with Crippen molar-refractivity contribution in [3.8, 4) is 56.3 Å². The van der Waals surface area contributed by atoms with Crippen LogP contribution in [0, 0.1) is 0 Å². The van der Waals surface area contributed by atoms with Gasteiger partial charge in [-0.15, -0.1) is 0 Å². The summed E-state index contributed by atoms with van der Waals surface area (Å²) in [4.78, 5) is 18.4. The Morgan fingerprint density at radius 2 is 0.803 bits per heavy atom. The number of aromatic nitrogens is 3. The van der Waals surface area contributed by atoms with Crippen molar-refractivity contribution >= 4 is 49.5 Å². The minimum atomic E-state index is 0.671. The van der Waals surface area contributed by atoms with E-state index in [-0.39, 0.29) is 0 Å². The molecule has 0 aliphatic heterocycles. The molecular weight excluding hydrogens is 741 g/mol. The molecule has 0 aliphatic carbocycles. The molecule has 0 saturated carbocycles. The van der Waals surface area contributed by atoms with Crippen molar-refractivity contribution in [2.24, 2.45) is 0 Å². The first-order valence-corrected chi connectivity index (χ1v) is 20.6. The van der Waals surface area contributed by atoms with Crippen LogP contribution < -0.4 is 4.90 Å². The maximum Gasteiger partial charge on any atom is 0.160 e. The van der Waals surface area contributed by atoms with E-state index in [1.165, 1.54) is 10.9 Å². The van der Waals surface area contributed by atoms with Crippen LogP contribution in [0.1, 0.15) is 0 Å². The van der Waals surface area contributed by atoms with Gasteiger partial charge in [-0.1, -0.05) is 188 Å². The van der Waals surface area contributed by atoms with Crippen LogP contribution in [0.15, 0.2) is 231 Å². The van der Waals surface area contributed by atoms with Crippen LogP contribution in [-0.2, 0) is 0 Å². The van der Waals surface area contributed by atoms with Crippen LogP contribution in [0.4, 0.5) is 17.1 Å². The van der Waals surface area contributed by atoms with Gasteiger partial charge in [-0.05, 0) is 64.4 Å². The minimum absolute atomic E-state index is 0.671. The number of rotatable bonds is 8. The minimum Gasteiger partial charge on any atom is -0.310 e. The number of fused-ring (bicyclic) bond motifs is 5. The van der Waals surface area contributed by atoms with Gasteiger partial charge in [-0.25, -0.2) is 15.0 Å². The Kier molecular flexibility index (Phi) is 9.14. The summed E-state index contributed by atoms with van der Waals surface area (Å²) in [5.41, 5.74) is 13.0. The van der Waals surface area contributed by atoms with Crippen LogP contribution in [-0.4, -0.2) is 15.0 Å². The smallest absolute Gasteiger partial charge is 0.160 e. The fourth-order valence-corrected chi connectivity index (χ4v) is 8.51. The second-order valence-corrected chi connectivity index (χ2v) is 15.2. The molecule has 11 rings (SSSR count). The van der Waals surface area contributed by atoms with Crippen molar-refractivity contribution in [2.75, 3.05) is 4.90 Å². The standard InChI is InChI=1S/C57H38N4/c1-6-18-39(19-7-1)40-30-32-43(33-31-40)57-59-50(41-20-8-2-9-21-41)38-51(60-57)45-34-35-49-52(36-45)58-56(42-22-10-3-11-23-42)55-53(37-44-24-16-17-29-48(44)54(49)55)61(46-25-12-4-13-26-46)47-27-14-5-15-28-47/h1-38H. The molecule has 2 heterocycles. The molecule has 0 amide bonds. The lowest BCUT2D eigenvalue weighted by atomic mass is 9.92. The molecule has 0 saturated heterocycles. The molecule has 4 nitrogen and oxygen atoms in total. The maximum atomic E-state index is 5.63. The summed E-state index contributed by atoms with van der Waals surface area (Å²) in [5, 5.41) is 5.66. The SMILES string of the molecule is c1ccc(-c2ccc(-c3nc(-c4ccccc4)cc(-c4ccc5c(c4)nc(-c4ccccc4)c4c(N(c6ccccc6)c6ccccc6)cc6ccccc6c45)n3)cc2)cc1. The summed E-state index contributed by atoms with van der Waals surface area (Å²) in [7, 11) is 0. The highest BCUT2D eigenvalue weighted by Gasteiger charge is 2.23. The highest BCUT2D eigenvalue weighted by Crippen LogP contribution is 2.47. The fourth-order valence-electron chi connectivity index (χ4n) is 8.51. The highest BCUT2D eigenvalue weighted by atomic mass is 15.1. The molecule has 11 aromatic rings. The van der Waals surface area contributed by atoms with Crippen LogP contribution in [0.3, 0.4) is 0 Å². The van der Waals surface area contributed by atoms with E-state index >= 15 is 0 Å². The molecule has 0 spiro atoms. The summed E-state index contributed by atoms with van der Waals surface area (Å²) < 4.78 is 0. The summed E-state index contributed by atoms with van der Waals surface area (Å²) in [6.07, 6.45) is 0. The molecule has 0 atom stereocenters. The van der Waals surface area contributed by atoms with E-state index in [1.54, 1.807) is 0 Å². The first-order valence-electron chi connectivity index (χ1n) is 20.6. The third-order valence-electron chi connectivity index (χ3n) is 11.4. The number of anilines is 3. The van der Waals surface area contributed by atoms with Gasteiger partial charge in [0.15, 0.2) is 5.82 Å². The molecule has 0 radical (unpaired) electrons. The Balaban J connectivity index is 1.16. The lowest BCUT2D eigenvalue weighted by Crippen LogP contribution is -2.11. The molecular formula is C57H38N4.